The molecule has 2 nitrogen and oxygen atoms in total. The van der Waals surface area contributed by atoms with E-state index in [-0.39, 0.29) is 0 Å². The molecule has 0 aliphatic carbocycles. The van der Waals surface area contributed by atoms with E-state index in [0.29, 0.717) is 0 Å². The monoisotopic (exact) mass is 269 g/mol. The highest BCUT2D eigenvalue weighted by atomic mass is 28.4. The molecule has 1 unspecified atom stereocenters. The highest BCUT2D eigenvalue weighted by Gasteiger charge is 2.34. The quantitative estimate of drug-likeness (QED) is 0.772. The number of benzene rings is 2. The molecular formula is C16H19NOSi. The zero-order valence-electron chi connectivity index (χ0n) is 11.9. The fraction of sp³-hybridized carbons (Fsp3) is 0.312. The second-order valence-corrected chi connectivity index (χ2v) is 10.3. The van der Waals surface area contributed by atoms with Crippen molar-refractivity contribution >= 4 is 19.1 Å². The number of nitriles is 1. The van der Waals surface area contributed by atoms with Gasteiger partial charge in [-0.25, -0.2) is 0 Å². The topological polar surface area (TPSA) is 33.0 Å². The second-order valence-electron chi connectivity index (χ2n) is 5.89. The van der Waals surface area contributed by atoms with Gasteiger partial charge in [0.25, 0.3) is 0 Å². The maximum absolute atomic E-state index is 9.61. The van der Waals surface area contributed by atoms with Crippen LogP contribution in [0, 0.1) is 11.3 Å². The van der Waals surface area contributed by atoms with Crippen LogP contribution in [0.1, 0.15) is 12.5 Å². The van der Waals surface area contributed by atoms with Gasteiger partial charge in [0.1, 0.15) is 6.07 Å². The van der Waals surface area contributed by atoms with Crippen LogP contribution in [0.2, 0.25) is 19.6 Å². The Balaban J connectivity index is 2.62. The highest BCUT2D eigenvalue weighted by Crippen LogP contribution is 2.33. The van der Waals surface area contributed by atoms with Crippen molar-refractivity contribution in [3.05, 3.63) is 48.0 Å². The van der Waals surface area contributed by atoms with Crippen molar-refractivity contribution in [3.8, 4) is 6.07 Å². The van der Waals surface area contributed by atoms with E-state index in [9.17, 15) is 5.26 Å². The molecule has 98 valence electrons. The Labute approximate surface area is 115 Å². The zero-order valence-corrected chi connectivity index (χ0v) is 12.9. The first-order valence-electron chi connectivity index (χ1n) is 6.45. The van der Waals surface area contributed by atoms with E-state index in [4.69, 9.17) is 4.43 Å². The van der Waals surface area contributed by atoms with Crippen LogP contribution in [-0.4, -0.2) is 8.32 Å². The molecule has 0 saturated heterocycles. The minimum absolute atomic E-state index is 0.884. The summed E-state index contributed by atoms with van der Waals surface area (Å²) >= 11 is 0. The standard InChI is InChI=1S/C16H19NOSi/c1-16(12-17,18-19(2,3)4)15-11-7-9-13-8-5-6-10-14(13)15/h5-11H,1-4H3. The minimum Gasteiger partial charge on any atom is -0.397 e. The number of rotatable bonds is 3. The molecule has 0 radical (unpaired) electrons. The molecule has 0 saturated carbocycles. The van der Waals surface area contributed by atoms with Gasteiger partial charge in [0.05, 0.1) is 0 Å². The Hall–Kier alpha value is -1.63. The van der Waals surface area contributed by atoms with E-state index < -0.39 is 13.9 Å². The molecule has 0 bridgehead atoms. The summed E-state index contributed by atoms with van der Waals surface area (Å²) in [5.41, 5.74) is 0.0706. The Bertz CT molecular complexity index is 634. The Kier molecular flexibility index (Phi) is 3.49. The molecule has 2 aromatic rings. The molecule has 0 amide bonds. The summed E-state index contributed by atoms with van der Waals surface area (Å²) in [7, 11) is -1.81. The van der Waals surface area contributed by atoms with Crippen LogP contribution in [0.25, 0.3) is 10.8 Å². The lowest BCUT2D eigenvalue weighted by Gasteiger charge is -2.31. The maximum Gasteiger partial charge on any atom is 0.186 e. The minimum atomic E-state index is -1.81. The molecular weight excluding hydrogens is 250 g/mol. The van der Waals surface area contributed by atoms with Gasteiger partial charge in [-0.15, -0.1) is 0 Å². The van der Waals surface area contributed by atoms with Crippen molar-refractivity contribution in [1.29, 1.82) is 5.26 Å². The van der Waals surface area contributed by atoms with E-state index in [1.165, 1.54) is 0 Å². The molecule has 3 heteroatoms. The Morgan fingerprint density at radius 3 is 2.32 bits per heavy atom. The Morgan fingerprint density at radius 2 is 1.68 bits per heavy atom. The SMILES string of the molecule is CC(C#N)(O[Si](C)(C)C)c1cccc2ccccc12. The van der Waals surface area contributed by atoms with Crippen LogP contribution in [0.5, 0.6) is 0 Å². The van der Waals surface area contributed by atoms with E-state index >= 15 is 0 Å². The van der Waals surface area contributed by atoms with Gasteiger partial charge in [0.15, 0.2) is 13.9 Å². The summed E-state index contributed by atoms with van der Waals surface area (Å²) in [6.07, 6.45) is 0. The van der Waals surface area contributed by atoms with Gasteiger partial charge in [-0.3, -0.25) is 0 Å². The van der Waals surface area contributed by atoms with Crippen molar-refractivity contribution in [2.45, 2.75) is 32.2 Å². The summed E-state index contributed by atoms with van der Waals surface area (Å²) in [5, 5.41) is 11.8. The van der Waals surface area contributed by atoms with E-state index in [0.717, 1.165) is 16.3 Å². The third kappa shape index (κ3) is 2.86. The van der Waals surface area contributed by atoms with E-state index in [1.54, 1.807) is 0 Å². The fourth-order valence-electron chi connectivity index (χ4n) is 2.39. The number of nitrogens with zero attached hydrogens (tertiary/aromatic N) is 1. The zero-order chi connectivity index (χ0) is 14.1. The van der Waals surface area contributed by atoms with Crippen LogP contribution in [-0.2, 0) is 10.0 Å². The van der Waals surface area contributed by atoms with E-state index in [2.05, 4.69) is 37.8 Å². The van der Waals surface area contributed by atoms with Crippen LogP contribution in [0.15, 0.2) is 42.5 Å². The van der Waals surface area contributed by atoms with Crippen molar-refractivity contribution in [3.63, 3.8) is 0 Å². The highest BCUT2D eigenvalue weighted by molar-refractivity contribution is 6.69. The van der Waals surface area contributed by atoms with Gasteiger partial charge in [0, 0.05) is 5.56 Å². The lowest BCUT2D eigenvalue weighted by molar-refractivity contribution is 0.142. The largest absolute Gasteiger partial charge is 0.397 e. The van der Waals surface area contributed by atoms with Gasteiger partial charge in [0.2, 0.25) is 0 Å². The van der Waals surface area contributed by atoms with Crippen LogP contribution in [0.4, 0.5) is 0 Å². The first-order chi connectivity index (χ1) is 8.86. The molecule has 2 aromatic carbocycles. The number of hydrogen-bond donors (Lipinski definition) is 0. The predicted molar refractivity (Wildman–Crippen MR) is 81.3 cm³/mol. The van der Waals surface area contributed by atoms with Gasteiger partial charge >= 0.3 is 0 Å². The lowest BCUT2D eigenvalue weighted by atomic mass is 9.92. The third-order valence-electron chi connectivity index (χ3n) is 3.03. The molecule has 1 atom stereocenters. The lowest BCUT2D eigenvalue weighted by Crippen LogP contribution is -2.37. The molecule has 0 aliphatic heterocycles. The van der Waals surface area contributed by atoms with Gasteiger partial charge in [-0.2, -0.15) is 5.26 Å². The molecule has 0 fully saturated rings. The number of fused-ring (bicyclic) bond motifs is 1. The summed E-state index contributed by atoms with van der Waals surface area (Å²) in [5.74, 6) is 0. The maximum atomic E-state index is 9.61. The second kappa shape index (κ2) is 4.80. The van der Waals surface area contributed by atoms with Gasteiger partial charge < -0.3 is 4.43 Å². The average Bonchev–Trinajstić information content (AvgIpc) is 2.36. The third-order valence-corrected chi connectivity index (χ3v) is 4.05. The van der Waals surface area contributed by atoms with Crippen molar-refractivity contribution in [1.82, 2.24) is 0 Å². The molecule has 0 heterocycles. The summed E-state index contributed by atoms with van der Waals surface area (Å²) < 4.78 is 6.15. The first-order valence-corrected chi connectivity index (χ1v) is 9.86. The summed E-state index contributed by atoms with van der Waals surface area (Å²) in [6, 6.07) is 16.5. The molecule has 0 spiro atoms. The first kappa shape index (κ1) is 13.8. The van der Waals surface area contributed by atoms with Crippen molar-refractivity contribution < 1.29 is 4.43 Å². The normalized spacial score (nSPS) is 14.9. The van der Waals surface area contributed by atoms with Gasteiger partial charge in [-0.05, 0) is 37.3 Å². The summed E-state index contributed by atoms with van der Waals surface area (Å²) in [4.78, 5) is 0. The molecule has 0 N–H and O–H groups in total. The van der Waals surface area contributed by atoms with Crippen molar-refractivity contribution in [2.24, 2.45) is 0 Å². The van der Waals surface area contributed by atoms with Crippen LogP contribution in [0.3, 0.4) is 0 Å². The number of hydrogen-bond acceptors (Lipinski definition) is 2. The molecule has 0 aromatic heterocycles. The van der Waals surface area contributed by atoms with Crippen LogP contribution >= 0.6 is 0 Å². The fourth-order valence-corrected chi connectivity index (χ4v) is 3.77. The average molecular weight is 269 g/mol. The van der Waals surface area contributed by atoms with Crippen LogP contribution < -0.4 is 0 Å². The molecule has 19 heavy (non-hydrogen) atoms. The molecule has 0 aliphatic rings. The van der Waals surface area contributed by atoms with Crippen molar-refractivity contribution in [2.75, 3.05) is 0 Å². The summed E-state index contributed by atoms with van der Waals surface area (Å²) in [6.45, 7) is 8.18. The smallest absolute Gasteiger partial charge is 0.186 e. The van der Waals surface area contributed by atoms with E-state index in [1.807, 2.05) is 37.3 Å². The molecule has 2 rings (SSSR count). The predicted octanol–water partition coefficient (Wildman–Crippen LogP) is 4.43. The van der Waals surface area contributed by atoms with Gasteiger partial charge in [-0.1, -0.05) is 42.5 Å². The Morgan fingerprint density at radius 1 is 1.05 bits per heavy atom.